The molecule has 0 spiro atoms. The standard InChI is InChI=1S/C11H16ClNO3/c1-15-10-7-9(13-4-3-5-14)11(16-2)6-8(10)12/h6-7,13-14H,3-5H2,1-2H3. The van der Waals surface area contributed by atoms with Gasteiger partial charge in [0.2, 0.25) is 0 Å². The smallest absolute Gasteiger partial charge is 0.143 e. The molecule has 16 heavy (non-hydrogen) atoms. The summed E-state index contributed by atoms with van der Waals surface area (Å²) < 4.78 is 10.3. The highest BCUT2D eigenvalue weighted by Crippen LogP contribution is 2.35. The van der Waals surface area contributed by atoms with Crippen LogP contribution >= 0.6 is 11.6 Å². The number of aliphatic hydroxyl groups excluding tert-OH is 1. The normalized spacial score (nSPS) is 10.0. The van der Waals surface area contributed by atoms with E-state index in [1.807, 2.05) is 0 Å². The van der Waals surface area contributed by atoms with Gasteiger partial charge in [-0.2, -0.15) is 0 Å². The van der Waals surface area contributed by atoms with Crippen LogP contribution in [0.15, 0.2) is 12.1 Å². The molecule has 0 unspecified atom stereocenters. The molecule has 0 bridgehead atoms. The fourth-order valence-corrected chi connectivity index (χ4v) is 1.53. The molecule has 1 aromatic carbocycles. The molecule has 0 aromatic heterocycles. The van der Waals surface area contributed by atoms with Gasteiger partial charge in [0, 0.05) is 25.3 Å². The Hall–Kier alpha value is -1.13. The number of ether oxygens (including phenoxy) is 2. The van der Waals surface area contributed by atoms with Crippen molar-refractivity contribution in [1.82, 2.24) is 0 Å². The molecule has 0 amide bonds. The van der Waals surface area contributed by atoms with Gasteiger partial charge in [-0.15, -0.1) is 0 Å². The maximum absolute atomic E-state index is 8.70. The van der Waals surface area contributed by atoms with Gasteiger partial charge in [0.25, 0.3) is 0 Å². The SMILES string of the molecule is COc1cc(NCCCO)c(OC)cc1Cl. The number of methoxy groups -OCH3 is 2. The van der Waals surface area contributed by atoms with Crippen molar-refractivity contribution < 1.29 is 14.6 Å². The molecule has 5 heteroatoms. The van der Waals surface area contributed by atoms with Crippen LogP contribution in [0, 0.1) is 0 Å². The molecule has 0 atom stereocenters. The van der Waals surface area contributed by atoms with E-state index < -0.39 is 0 Å². The maximum atomic E-state index is 8.70. The van der Waals surface area contributed by atoms with E-state index in [-0.39, 0.29) is 6.61 Å². The van der Waals surface area contributed by atoms with Crippen molar-refractivity contribution in [2.75, 3.05) is 32.7 Å². The van der Waals surface area contributed by atoms with Crippen molar-refractivity contribution in [3.05, 3.63) is 17.2 Å². The first-order valence-corrected chi connectivity index (χ1v) is 5.37. The van der Waals surface area contributed by atoms with Crippen molar-refractivity contribution in [3.63, 3.8) is 0 Å². The lowest BCUT2D eigenvalue weighted by Crippen LogP contribution is -2.05. The Bertz CT molecular complexity index is 344. The predicted octanol–water partition coefficient (Wildman–Crippen LogP) is 2.15. The lowest BCUT2D eigenvalue weighted by molar-refractivity contribution is 0.292. The third-order valence-electron chi connectivity index (χ3n) is 2.12. The second-order valence-corrected chi connectivity index (χ2v) is 3.60. The van der Waals surface area contributed by atoms with Crippen LogP contribution in [0.3, 0.4) is 0 Å². The number of hydrogen-bond donors (Lipinski definition) is 2. The largest absolute Gasteiger partial charge is 0.495 e. The van der Waals surface area contributed by atoms with E-state index in [2.05, 4.69) is 5.32 Å². The Morgan fingerprint density at radius 2 is 1.94 bits per heavy atom. The highest BCUT2D eigenvalue weighted by atomic mass is 35.5. The van der Waals surface area contributed by atoms with Crippen molar-refractivity contribution >= 4 is 17.3 Å². The van der Waals surface area contributed by atoms with Gasteiger partial charge in [0.1, 0.15) is 11.5 Å². The third-order valence-corrected chi connectivity index (χ3v) is 2.42. The zero-order valence-electron chi connectivity index (χ0n) is 9.42. The van der Waals surface area contributed by atoms with Gasteiger partial charge in [0.05, 0.1) is 24.9 Å². The molecule has 0 aliphatic rings. The van der Waals surface area contributed by atoms with E-state index >= 15 is 0 Å². The van der Waals surface area contributed by atoms with Crippen LogP contribution in [0.4, 0.5) is 5.69 Å². The maximum Gasteiger partial charge on any atom is 0.143 e. The van der Waals surface area contributed by atoms with E-state index in [0.717, 1.165) is 5.69 Å². The quantitative estimate of drug-likeness (QED) is 0.754. The average molecular weight is 246 g/mol. The molecule has 0 saturated carbocycles. The summed E-state index contributed by atoms with van der Waals surface area (Å²) in [6.45, 7) is 0.817. The highest BCUT2D eigenvalue weighted by molar-refractivity contribution is 6.32. The molecule has 1 rings (SSSR count). The number of aliphatic hydroxyl groups is 1. The van der Waals surface area contributed by atoms with Crippen molar-refractivity contribution in [1.29, 1.82) is 0 Å². The first kappa shape index (κ1) is 12.9. The van der Waals surface area contributed by atoms with E-state index in [9.17, 15) is 0 Å². The average Bonchev–Trinajstić information content (AvgIpc) is 2.30. The van der Waals surface area contributed by atoms with Crippen LogP contribution in [-0.4, -0.2) is 32.5 Å². The van der Waals surface area contributed by atoms with Gasteiger partial charge in [-0.05, 0) is 6.42 Å². The Labute approximate surface area is 100 Å². The summed E-state index contributed by atoms with van der Waals surface area (Å²) in [6.07, 6.45) is 0.675. The molecule has 0 aliphatic carbocycles. The topological polar surface area (TPSA) is 50.7 Å². The molecule has 1 aromatic rings. The number of nitrogens with one attached hydrogen (secondary N) is 1. The van der Waals surface area contributed by atoms with Gasteiger partial charge >= 0.3 is 0 Å². The van der Waals surface area contributed by atoms with Crippen LogP contribution in [0.25, 0.3) is 0 Å². The van der Waals surface area contributed by atoms with Crippen molar-refractivity contribution in [2.45, 2.75) is 6.42 Å². The van der Waals surface area contributed by atoms with Gasteiger partial charge in [-0.1, -0.05) is 11.6 Å². The van der Waals surface area contributed by atoms with E-state index in [4.69, 9.17) is 26.2 Å². The Morgan fingerprint density at radius 3 is 2.50 bits per heavy atom. The second-order valence-electron chi connectivity index (χ2n) is 3.19. The number of halogens is 1. The fourth-order valence-electron chi connectivity index (χ4n) is 1.30. The summed E-state index contributed by atoms with van der Waals surface area (Å²) in [6, 6.07) is 3.47. The lowest BCUT2D eigenvalue weighted by atomic mass is 10.2. The van der Waals surface area contributed by atoms with Crippen LogP contribution < -0.4 is 14.8 Å². The number of hydrogen-bond acceptors (Lipinski definition) is 4. The fraction of sp³-hybridized carbons (Fsp3) is 0.455. The molecular weight excluding hydrogens is 230 g/mol. The molecule has 90 valence electrons. The summed E-state index contributed by atoms with van der Waals surface area (Å²) in [5.41, 5.74) is 0.803. The van der Waals surface area contributed by atoms with E-state index in [1.54, 1.807) is 26.4 Å². The van der Waals surface area contributed by atoms with Gasteiger partial charge in [-0.25, -0.2) is 0 Å². The summed E-state index contributed by atoms with van der Waals surface area (Å²) in [4.78, 5) is 0. The zero-order valence-corrected chi connectivity index (χ0v) is 10.2. The summed E-state index contributed by atoms with van der Waals surface area (Å²) in [5, 5.41) is 12.3. The van der Waals surface area contributed by atoms with Gasteiger partial charge < -0.3 is 19.9 Å². The summed E-state index contributed by atoms with van der Waals surface area (Å²) in [7, 11) is 3.14. The Balaban J connectivity index is 2.86. The molecule has 0 aliphatic heterocycles. The first-order valence-electron chi connectivity index (χ1n) is 4.99. The minimum absolute atomic E-state index is 0.153. The second kappa shape index (κ2) is 6.45. The van der Waals surface area contributed by atoms with Crippen LogP contribution in [-0.2, 0) is 0 Å². The van der Waals surface area contributed by atoms with Gasteiger partial charge in [0.15, 0.2) is 0 Å². The molecule has 0 radical (unpaired) electrons. The monoisotopic (exact) mass is 245 g/mol. The highest BCUT2D eigenvalue weighted by Gasteiger charge is 2.09. The summed E-state index contributed by atoms with van der Waals surface area (Å²) in [5.74, 6) is 1.25. The van der Waals surface area contributed by atoms with Crippen LogP contribution in [0.5, 0.6) is 11.5 Å². The predicted molar refractivity (Wildman–Crippen MR) is 64.7 cm³/mol. The number of rotatable bonds is 6. The third kappa shape index (κ3) is 3.18. The molecule has 2 N–H and O–H groups in total. The first-order chi connectivity index (χ1) is 7.72. The summed E-state index contributed by atoms with van der Waals surface area (Å²) >= 11 is 5.97. The van der Waals surface area contributed by atoms with Crippen LogP contribution in [0.2, 0.25) is 5.02 Å². The molecule has 0 saturated heterocycles. The Morgan fingerprint density at radius 1 is 1.25 bits per heavy atom. The molecule has 0 fully saturated rings. The van der Waals surface area contributed by atoms with E-state index in [1.165, 1.54) is 0 Å². The molecule has 4 nitrogen and oxygen atoms in total. The number of benzene rings is 1. The molecular formula is C11H16ClNO3. The van der Waals surface area contributed by atoms with Crippen molar-refractivity contribution in [2.24, 2.45) is 0 Å². The number of anilines is 1. The van der Waals surface area contributed by atoms with Gasteiger partial charge in [-0.3, -0.25) is 0 Å². The zero-order chi connectivity index (χ0) is 12.0. The van der Waals surface area contributed by atoms with Crippen molar-refractivity contribution in [3.8, 4) is 11.5 Å². The minimum atomic E-state index is 0.153. The van der Waals surface area contributed by atoms with E-state index in [0.29, 0.717) is 29.5 Å². The lowest BCUT2D eigenvalue weighted by Gasteiger charge is -2.13. The van der Waals surface area contributed by atoms with Crippen LogP contribution in [0.1, 0.15) is 6.42 Å². The minimum Gasteiger partial charge on any atom is -0.495 e. The Kier molecular flexibility index (Phi) is 5.22. The molecule has 0 heterocycles.